The fourth-order valence-corrected chi connectivity index (χ4v) is 2.23. The Morgan fingerprint density at radius 1 is 1.44 bits per heavy atom. The van der Waals surface area contributed by atoms with Crippen LogP contribution in [0.15, 0.2) is 12.3 Å². The molecule has 16 heavy (non-hydrogen) atoms. The predicted molar refractivity (Wildman–Crippen MR) is 63.2 cm³/mol. The third-order valence-electron chi connectivity index (χ3n) is 3.11. The molecule has 1 aromatic heterocycles. The molecule has 1 fully saturated rings. The van der Waals surface area contributed by atoms with Crippen molar-refractivity contribution in [3.63, 3.8) is 0 Å². The van der Waals surface area contributed by atoms with Gasteiger partial charge >= 0.3 is 0 Å². The Kier molecular flexibility index (Phi) is 3.10. The van der Waals surface area contributed by atoms with E-state index in [4.69, 9.17) is 0 Å². The van der Waals surface area contributed by atoms with E-state index in [2.05, 4.69) is 28.8 Å². The number of pyridine rings is 1. The number of piperazine rings is 1. The van der Waals surface area contributed by atoms with Crippen molar-refractivity contribution in [3.8, 4) is 0 Å². The molecule has 1 aromatic rings. The molecule has 1 saturated heterocycles. The molecule has 3 nitrogen and oxygen atoms in total. The highest BCUT2D eigenvalue weighted by Gasteiger charge is 2.23. The zero-order chi connectivity index (χ0) is 11.7. The summed E-state index contributed by atoms with van der Waals surface area (Å²) < 4.78 is 13.8. The molecule has 88 valence electrons. The molecular weight excluding hydrogens is 205 g/mol. The van der Waals surface area contributed by atoms with Gasteiger partial charge < -0.3 is 9.80 Å². The highest BCUT2D eigenvalue weighted by molar-refractivity contribution is 5.47. The van der Waals surface area contributed by atoms with Crippen molar-refractivity contribution in [1.82, 2.24) is 9.88 Å². The Labute approximate surface area is 95.9 Å². The van der Waals surface area contributed by atoms with Crippen LogP contribution in [-0.2, 0) is 0 Å². The van der Waals surface area contributed by atoms with Crippen LogP contribution in [-0.4, -0.2) is 42.6 Å². The minimum atomic E-state index is -0.163. The second-order valence-corrected chi connectivity index (χ2v) is 4.58. The highest BCUT2D eigenvalue weighted by atomic mass is 19.1. The van der Waals surface area contributed by atoms with E-state index in [9.17, 15) is 4.39 Å². The Bertz CT molecular complexity index is 381. The summed E-state index contributed by atoms with van der Waals surface area (Å²) in [6.07, 6.45) is 1.65. The maximum atomic E-state index is 13.8. The van der Waals surface area contributed by atoms with Gasteiger partial charge in [-0.2, -0.15) is 0 Å². The molecule has 1 aliphatic heterocycles. The van der Waals surface area contributed by atoms with E-state index in [-0.39, 0.29) is 5.82 Å². The van der Waals surface area contributed by atoms with Gasteiger partial charge in [0, 0.05) is 31.4 Å². The number of halogens is 1. The quantitative estimate of drug-likeness (QED) is 0.722. The van der Waals surface area contributed by atoms with Gasteiger partial charge in [-0.25, -0.2) is 4.39 Å². The van der Waals surface area contributed by atoms with E-state index in [1.54, 1.807) is 13.1 Å². The number of anilines is 1. The van der Waals surface area contributed by atoms with Crippen molar-refractivity contribution in [2.24, 2.45) is 0 Å². The lowest BCUT2D eigenvalue weighted by atomic mass is 10.1. The van der Waals surface area contributed by atoms with Gasteiger partial charge in [0.2, 0.25) is 0 Å². The number of rotatable bonds is 1. The van der Waals surface area contributed by atoms with Gasteiger partial charge in [0.05, 0.1) is 11.9 Å². The summed E-state index contributed by atoms with van der Waals surface area (Å²) in [4.78, 5) is 8.54. The minimum Gasteiger partial charge on any atom is -0.363 e. The van der Waals surface area contributed by atoms with Crippen LogP contribution in [0, 0.1) is 12.7 Å². The fourth-order valence-electron chi connectivity index (χ4n) is 2.23. The Hall–Kier alpha value is -1.16. The van der Waals surface area contributed by atoms with Crippen molar-refractivity contribution in [2.45, 2.75) is 19.9 Å². The van der Waals surface area contributed by atoms with Gasteiger partial charge in [-0.1, -0.05) is 0 Å². The number of aryl methyl sites for hydroxylation is 1. The van der Waals surface area contributed by atoms with Crippen molar-refractivity contribution in [3.05, 3.63) is 23.8 Å². The molecule has 0 radical (unpaired) electrons. The Morgan fingerprint density at radius 3 is 2.81 bits per heavy atom. The lowest BCUT2D eigenvalue weighted by Crippen LogP contribution is -2.50. The molecule has 0 saturated carbocycles. The van der Waals surface area contributed by atoms with Crippen LogP contribution >= 0.6 is 0 Å². The van der Waals surface area contributed by atoms with E-state index in [0.717, 1.165) is 25.3 Å². The second kappa shape index (κ2) is 4.37. The SMILES string of the molecule is Cc1cc(F)c(N2CCN(C)CC2C)cn1. The third-order valence-corrected chi connectivity index (χ3v) is 3.11. The molecule has 2 rings (SSSR count). The van der Waals surface area contributed by atoms with Gasteiger partial charge in [0.1, 0.15) is 5.82 Å². The maximum absolute atomic E-state index is 13.8. The molecule has 2 heterocycles. The van der Waals surface area contributed by atoms with E-state index in [1.807, 2.05) is 0 Å². The molecule has 4 heteroatoms. The van der Waals surface area contributed by atoms with Crippen LogP contribution in [0.1, 0.15) is 12.6 Å². The molecule has 1 unspecified atom stereocenters. The zero-order valence-corrected chi connectivity index (χ0v) is 10.1. The highest BCUT2D eigenvalue weighted by Crippen LogP contribution is 2.22. The van der Waals surface area contributed by atoms with E-state index < -0.39 is 0 Å². The van der Waals surface area contributed by atoms with Crippen molar-refractivity contribution in [2.75, 3.05) is 31.6 Å². The maximum Gasteiger partial charge on any atom is 0.149 e. The normalized spacial score (nSPS) is 22.5. The first-order chi connectivity index (χ1) is 7.58. The number of aromatic nitrogens is 1. The summed E-state index contributed by atoms with van der Waals surface area (Å²) in [6, 6.07) is 1.83. The topological polar surface area (TPSA) is 19.4 Å². The van der Waals surface area contributed by atoms with Crippen molar-refractivity contribution in [1.29, 1.82) is 0 Å². The Balaban J connectivity index is 2.23. The summed E-state index contributed by atoms with van der Waals surface area (Å²) in [5.41, 5.74) is 1.36. The summed E-state index contributed by atoms with van der Waals surface area (Å²) in [5, 5.41) is 0. The molecule has 0 amide bonds. The largest absolute Gasteiger partial charge is 0.363 e. The molecule has 0 N–H and O–H groups in total. The van der Waals surface area contributed by atoms with Gasteiger partial charge in [-0.3, -0.25) is 4.98 Å². The third kappa shape index (κ3) is 2.16. The molecule has 0 aromatic carbocycles. The summed E-state index contributed by atoms with van der Waals surface area (Å²) in [6.45, 7) is 6.72. The van der Waals surface area contributed by atoms with Gasteiger partial charge in [-0.05, 0) is 27.0 Å². The second-order valence-electron chi connectivity index (χ2n) is 4.58. The number of nitrogens with zero attached hydrogens (tertiary/aromatic N) is 3. The van der Waals surface area contributed by atoms with E-state index in [1.165, 1.54) is 6.07 Å². The van der Waals surface area contributed by atoms with Crippen LogP contribution in [0.3, 0.4) is 0 Å². The number of likely N-dealkylation sites (N-methyl/N-ethyl adjacent to an activating group) is 1. The van der Waals surface area contributed by atoms with Crippen LogP contribution in [0.4, 0.5) is 10.1 Å². The first kappa shape index (κ1) is 11.3. The smallest absolute Gasteiger partial charge is 0.149 e. The molecule has 1 atom stereocenters. The van der Waals surface area contributed by atoms with Crippen LogP contribution in [0.25, 0.3) is 0 Å². The summed E-state index contributed by atoms with van der Waals surface area (Å²) in [5.74, 6) is -0.163. The monoisotopic (exact) mass is 223 g/mol. The van der Waals surface area contributed by atoms with Crippen LogP contribution in [0.5, 0.6) is 0 Å². The van der Waals surface area contributed by atoms with Gasteiger partial charge in [0.25, 0.3) is 0 Å². The average Bonchev–Trinajstić information content (AvgIpc) is 2.19. The lowest BCUT2D eigenvalue weighted by molar-refractivity contribution is 0.274. The van der Waals surface area contributed by atoms with E-state index >= 15 is 0 Å². The van der Waals surface area contributed by atoms with Gasteiger partial charge in [-0.15, -0.1) is 0 Å². The Morgan fingerprint density at radius 2 is 2.19 bits per heavy atom. The van der Waals surface area contributed by atoms with Crippen molar-refractivity contribution < 1.29 is 4.39 Å². The summed E-state index contributed by atoms with van der Waals surface area (Å²) in [7, 11) is 2.09. The standard InChI is InChI=1S/C12H18FN3/c1-9-6-11(13)12(7-14-9)16-5-4-15(3)8-10(16)2/h6-7,10H,4-5,8H2,1-3H3. The van der Waals surface area contributed by atoms with Crippen LogP contribution < -0.4 is 4.90 Å². The molecule has 0 bridgehead atoms. The lowest BCUT2D eigenvalue weighted by Gasteiger charge is -2.39. The molecule has 0 spiro atoms. The van der Waals surface area contributed by atoms with Gasteiger partial charge in [0.15, 0.2) is 0 Å². The number of hydrogen-bond donors (Lipinski definition) is 0. The molecule has 0 aliphatic carbocycles. The molecule has 1 aliphatic rings. The summed E-state index contributed by atoms with van der Waals surface area (Å²) >= 11 is 0. The predicted octanol–water partition coefficient (Wildman–Crippen LogP) is 1.67. The zero-order valence-electron chi connectivity index (χ0n) is 10.1. The van der Waals surface area contributed by atoms with Crippen molar-refractivity contribution >= 4 is 5.69 Å². The number of hydrogen-bond acceptors (Lipinski definition) is 3. The first-order valence-electron chi connectivity index (χ1n) is 5.65. The first-order valence-corrected chi connectivity index (χ1v) is 5.65. The minimum absolute atomic E-state index is 0.163. The van der Waals surface area contributed by atoms with Crippen LogP contribution in [0.2, 0.25) is 0 Å². The fraction of sp³-hybridized carbons (Fsp3) is 0.583. The van der Waals surface area contributed by atoms with E-state index in [0.29, 0.717) is 11.7 Å². The molecular formula is C12H18FN3. The average molecular weight is 223 g/mol.